The van der Waals surface area contributed by atoms with Crippen molar-refractivity contribution >= 4 is 80.9 Å². The highest BCUT2D eigenvalue weighted by molar-refractivity contribution is 8.00. The number of benzene rings is 4. The summed E-state index contributed by atoms with van der Waals surface area (Å²) < 4.78 is 0. The predicted octanol–water partition coefficient (Wildman–Crippen LogP) is 8.95. The van der Waals surface area contributed by atoms with Gasteiger partial charge in [-0.2, -0.15) is 0 Å². The van der Waals surface area contributed by atoms with E-state index in [-0.39, 0.29) is 11.6 Å². The van der Waals surface area contributed by atoms with Crippen molar-refractivity contribution in [2.75, 3.05) is 10.6 Å². The fraction of sp³-hybridized carbons (Fsp3) is 0.0857. The zero-order chi connectivity index (χ0) is 32.6. The van der Waals surface area contributed by atoms with E-state index in [1.54, 1.807) is 73.7 Å². The highest BCUT2D eigenvalue weighted by atomic mass is 35.5. The Labute approximate surface area is 285 Å². The van der Waals surface area contributed by atoms with Crippen LogP contribution >= 0.6 is 46.3 Å². The molecule has 3 amide bonds. The van der Waals surface area contributed by atoms with Gasteiger partial charge in [-0.3, -0.25) is 14.4 Å². The number of thioether (sulfide) groups is 1. The Balaban J connectivity index is 1.28. The molecule has 5 aromatic rings. The van der Waals surface area contributed by atoms with Gasteiger partial charge < -0.3 is 16.0 Å². The van der Waals surface area contributed by atoms with E-state index in [2.05, 4.69) is 20.9 Å². The summed E-state index contributed by atoms with van der Waals surface area (Å²) in [5, 5.41) is 9.31. The molecule has 1 aromatic heterocycles. The monoisotopic (exact) mass is 686 g/mol. The van der Waals surface area contributed by atoms with Crippen molar-refractivity contribution in [3.63, 3.8) is 0 Å². The molecule has 1 atom stereocenters. The molecule has 0 fully saturated rings. The highest BCUT2D eigenvalue weighted by Crippen LogP contribution is 2.32. The maximum atomic E-state index is 13.5. The number of carbonyl (C=O) groups is 3. The van der Waals surface area contributed by atoms with E-state index >= 15 is 0 Å². The first-order valence-electron chi connectivity index (χ1n) is 14.1. The Hall–Kier alpha value is -4.41. The Morgan fingerprint density at radius 3 is 2.30 bits per heavy atom. The van der Waals surface area contributed by atoms with Crippen molar-refractivity contribution in [1.29, 1.82) is 0 Å². The van der Waals surface area contributed by atoms with E-state index in [0.29, 0.717) is 32.0 Å². The van der Waals surface area contributed by atoms with E-state index in [0.717, 1.165) is 21.0 Å². The number of aryl methyl sites for hydroxylation is 1. The highest BCUT2D eigenvalue weighted by Gasteiger charge is 2.19. The molecule has 0 radical (unpaired) electrons. The van der Waals surface area contributed by atoms with Crippen molar-refractivity contribution in [2.24, 2.45) is 0 Å². The molecule has 0 aliphatic rings. The third kappa shape index (κ3) is 8.64. The fourth-order valence-corrected chi connectivity index (χ4v) is 6.57. The number of hydrogen-bond acceptors (Lipinski definition) is 6. The van der Waals surface area contributed by atoms with Gasteiger partial charge in [0.1, 0.15) is 5.70 Å². The molecule has 11 heteroatoms. The molecule has 1 unspecified atom stereocenters. The first-order chi connectivity index (χ1) is 22.2. The van der Waals surface area contributed by atoms with Crippen molar-refractivity contribution in [1.82, 2.24) is 10.3 Å². The van der Waals surface area contributed by atoms with Crippen LogP contribution in [0.5, 0.6) is 0 Å². The average molecular weight is 688 g/mol. The van der Waals surface area contributed by atoms with Gasteiger partial charge in [-0.15, -0.1) is 23.1 Å². The Kier molecular flexibility index (Phi) is 10.9. The number of thiazole rings is 1. The smallest absolute Gasteiger partial charge is 0.272 e. The van der Waals surface area contributed by atoms with Gasteiger partial charge in [0.2, 0.25) is 5.91 Å². The summed E-state index contributed by atoms with van der Waals surface area (Å²) in [4.78, 5) is 45.9. The summed E-state index contributed by atoms with van der Waals surface area (Å²) in [5.74, 6) is -1.21. The molecule has 5 rings (SSSR count). The molecule has 0 aliphatic carbocycles. The SMILES string of the molecule is Cc1sc(NC(=O)C(C)Sc2cccc(NC(=O)/C(=C\c3ccc(Cl)cc3Cl)NC(=O)c3ccccc3)c2)nc1-c1ccccc1. The van der Waals surface area contributed by atoms with E-state index in [9.17, 15) is 14.4 Å². The number of amides is 3. The second-order valence-corrected chi connectivity index (χ2v) is 13.5. The van der Waals surface area contributed by atoms with Gasteiger partial charge in [0.15, 0.2) is 5.13 Å². The molecular weight excluding hydrogens is 659 g/mol. The van der Waals surface area contributed by atoms with Gasteiger partial charge in [-0.1, -0.05) is 83.9 Å². The van der Waals surface area contributed by atoms with Crippen LogP contribution in [-0.4, -0.2) is 28.0 Å². The fourth-order valence-electron chi connectivity index (χ4n) is 4.34. The number of carbonyl (C=O) groups excluding carboxylic acids is 3. The topological polar surface area (TPSA) is 100 Å². The largest absolute Gasteiger partial charge is 0.321 e. The summed E-state index contributed by atoms with van der Waals surface area (Å²) in [6, 6.07) is 30.4. The van der Waals surface area contributed by atoms with Crippen molar-refractivity contribution in [3.8, 4) is 11.3 Å². The molecule has 3 N–H and O–H groups in total. The lowest BCUT2D eigenvalue weighted by Gasteiger charge is -2.14. The first-order valence-corrected chi connectivity index (χ1v) is 16.6. The number of nitrogens with one attached hydrogen (secondary N) is 3. The molecule has 232 valence electrons. The standard InChI is InChI=1S/C35H28Cl2N4O3S2/c1-21-31(23-10-5-3-6-11-23)40-35(46-21)41-32(42)22(2)45-28-15-9-14-27(20-28)38-34(44)30(18-25-16-17-26(36)19-29(25)37)39-33(43)24-12-7-4-8-13-24/h3-20,22H,1-2H3,(H,38,44)(H,39,43)(H,40,41,42)/b30-18+. The van der Waals surface area contributed by atoms with Gasteiger partial charge in [0.05, 0.1) is 10.9 Å². The van der Waals surface area contributed by atoms with E-state index in [1.165, 1.54) is 29.2 Å². The molecule has 0 saturated carbocycles. The minimum absolute atomic E-state index is 0.0162. The van der Waals surface area contributed by atoms with Gasteiger partial charge in [-0.05, 0) is 68.0 Å². The molecule has 1 heterocycles. The van der Waals surface area contributed by atoms with Crippen LogP contribution in [0.3, 0.4) is 0 Å². The Bertz CT molecular complexity index is 1910. The van der Waals surface area contributed by atoms with Crippen LogP contribution in [0.25, 0.3) is 17.3 Å². The predicted molar refractivity (Wildman–Crippen MR) is 190 cm³/mol. The summed E-state index contributed by atoms with van der Waals surface area (Å²) >= 11 is 15.2. The third-order valence-corrected chi connectivity index (χ3v) is 9.18. The third-order valence-electron chi connectivity index (χ3n) is 6.64. The number of anilines is 2. The minimum atomic E-state index is -0.559. The van der Waals surface area contributed by atoms with Crippen LogP contribution < -0.4 is 16.0 Å². The number of rotatable bonds is 10. The average Bonchev–Trinajstić information content (AvgIpc) is 3.42. The molecule has 46 heavy (non-hydrogen) atoms. The van der Waals surface area contributed by atoms with E-state index < -0.39 is 17.1 Å². The zero-order valence-corrected chi connectivity index (χ0v) is 27.9. The molecule has 0 bridgehead atoms. The lowest BCUT2D eigenvalue weighted by molar-refractivity contribution is -0.115. The summed E-state index contributed by atoms with van der Waals surface area (Å²) in [6.07, 6.45) is 1.49. The molecule has 0 saturated heterocycles. The molecule has 7 nitrogen and oxygen atoms in total. The lowest BCUT2D eigenvalue weighted by atomic mass is 10.1. The van der Waals surface area contributed by atoms with Gasteiger partial charge in [0.25, 0.3) is 11.8 Å². The summed E-state index contributed by atoms with van der Waals surface area (Å²) in [7, 11) is 0. The van der Waals surface area contributed by atoms with Crippen molar-refractivity contribution in [3.05, 3.63) is 135 Å². The molecule has 0 aliphatic heterocycles. The number of aromatic nitrogens is 1. The maximum Gasteiger partial charge on any atom is 0.272 e. The zero-order valence-electron chi connectivity index (χ0n) is 24.7. The van der Waals surface area contributed by atoms with Gasteiger partial charge in [-0.25, -0.2) is 4.98 Å². The van der Waals surface area contributed by atoms with E-state index in [1.807, 2.05) is 43.3 Å². The maximum absolute atomic E-state index is 13.5. The van der Waals surface area contributed by atoms with E-state index in [4.69, 9.17) is 23.2 Å². The van der Waals surface area contributed by atoms with Gasteiger partial charge in [0, 0.05) is 36.6 Å². The molecular formula is C35H28Cl2N4O3S2. The summed E-state index contributed by atoms with van der Waals surface area (Å²) in [6.45, 7) is 3.78. The van der Waals surface area contributed by atoms with Crippen LogP contribution in [-0.2, 0) is 9.59 Å². The lowest BCUT2D eigenvalue weighted by Crippen LogP contribution is -2.30. The number of hydrogen-bond donors (Lipinski definition) is 3. The second kappa shape index (κ2) is 15.2. The van der Waals surface area contributed by atoms with Crippen molar-refractivity contribution in [2.45, 2.75) is 24.0 Å². The van der Waals surface area contributed by atoms with Gasteiger partial charge >= 0.3 is 0 Å². The van der Waals surface area contributed by atoms with Crippen LogP contribution in [0.4, 0.5) is 10.8 Å². The minimum Gasteiger partial charge on any atom is -0.321 e. The van der Waals surface area contributed by atoms with Crippen LogP contribution in [0, 0.1) is 6.92 Å². The Morgan fingerprint density at radius 2 is 1.59 bits per heavy atom. The quantitative estimate of drug-likeness (QED) is 0.101. The van der Waals surface area contributed by atoms with Crippen molar-refractivity contribution < 1.29 is 14.4 Å². The first kappa shape index (κ1) is 33.0. The van der Waals surface area contributed by atoms with Crippen LogP contribution in [0.1, 0.15) is 27.7 Å². The summed E-state index contributed by atoms with van der Waals surface area (Å²) in [5.41, 5.74) is 3.19. The molecule has 4 aromatic carbocycles. The Morgan fingerprint density at radius 1 is 0.870 bits per heavy atom. The van der Waals surface area contributed by atoms with Crippen LogP contribution in [0.15, 0.2) is 114 Å². The molecule has 0 spiro atoms. The number of halogens is 2. The second-order valence-electron chi connectivity index (χ2n) is 10.1. The normalized spacial score (nSPS) is 11.9. The van der Waals surface area contributed by atoms with Crippen LogP contribution in [0.2, 0.25) is 10.0 Å². The number of nitrogens with zero attached hydrogens (tertiary/aromatic N) is 1.